The molecule has 0 aliphatic heterocycles. The highest BCUT2D eigenvalue weighted by Gasteiger charge is 2.22. The average molecular weight is 322 g/mol. The normalized spacial score (nSPS) is 15.6. The van der Waals surface area contributed by atoms with Crippen LogP contribution in [-0.2, 0) is 0 Å². The molecule has 0 bridgehead atoms. The Morgan fingerprint density at radius 1 is 1.17 bits per heavy atom. The van der Waals surface area contributed by atoms with Gasteiger partial charge in [0.1, 0.15) is 11.6 Å². The topological polar surface area (TPSA) is 47.3 Å². The minimum absolute atomic E-state index is 0.137. The molecule has 23 heavy (non-hydrogen) atoms. The highest BCUT2D eigenvalue weighted by molar-refractivity contribution is 5.31. The lowest BCUT2D eigenvalue weighted by Gasteiger charge is -2.16. The molecule has 1 aromatic carbocycles. The summed E-state index contributed by atoms with van der Waals surface area (Å²) in [5, 5.41) is 3.47. The summed E-state index contributed by atoms with van der Waals surface area (Å²) >= 11 is 0. The molecule has 4 heteroatoms. The van der Waals surface area contributed by atoms with Crippen LogP contribution < -0.4 is 15.8 Å². The maximum absolute atomic E-state index is 13.8. The zero-order valence-corrected chi connectivity index (χ0v) is 14.3. The fraction of sp³-hybridized carbons (Fsp3) is 0.684. The lowest BCUT2D eigenvalue weighted by atomic mass is 10.1. The summed E-state index contributed by atoms with van der Waals surface area (Å²) in [5.41, 5.74) is 6.44. The molecule has 1 atom stereocenters. The Morgan fingerprint density at radius 3 is 2.65 bits per heavy atom. The summed E-state index contributed by atoms with van der Waals surface area (Å²) in [6.07, 6.45) is 8.44. The largest absolute Gasteiger partial charge is 0.493 e. The number of nitrogens with one attached hydrogen (secondary N) is 1. The van der Waals surface area contributed by atoms with E-state index in [4.69, 9.17) is 10.5 Å². The molecule has 1 saturated carbocycles. The first-order valence-corrected chi connectivity index (χ1v) is 9.06. The van der Waals surface area contributed by atoms with Crippen molar-refractivity contribution in [3.8, 4) is 5.75 Å². The van der Waals surface area contributed by atoms with Crippen LogP contribution in [0.2, 0.25) is 0 Å². The van der Waals surface area contributed by atoms with Crippen molar-refractivity contribution in [2.75, 3.05) is 19.7 Å². The molecule has 0 saturated heterocycles. The molecule has 0 amide bonds. The zero-order chi connectivity index (χ0) is 16.5. The molecule has 130 valence electrons. The molecule has 3 N–H and O–H groups in total. The fourth-order valence-corrected chi connectivity index (χ4v) is 2.65. The van der Waals surface area contributed by atoms with Crippen molar-refractivity contribution in [1.82, 2.24) is 5.32 Å². The minimum atomic E-state index is -0.219. The predicted octanol–water partition coefficient (Wildman–Crippen LogP) is 4.17. The van der Waals surface area contributed by atoms with Gasteiger partial charge in [0.15, 0.2) is 0 Å². The zero-order valence-electron chi connectivity index (χ0n) is 14.3. The van der Waals surface area contributed by atoms with Crippen LogP contribution in [0.25, 0.3) is 0 Å². The van der Waals surface area contributed by atoms with Crippen LogP contribution in [0.5, 0.6) is 5.75 Å². The first-order valence-electron chi connectivity index (χ1n) is 9.06. The third-order valence-electron chi connectivity index (χ3n) is 4.41. The molecule has 0 aromatic heterocycles. The van der Waals surface area contributed by atoms with Crippen molar-refractivity contribution in [2.24, 2.45) is 11.7 Å². The van der Waals surface area contributed by atoms with Gasteiger partial charge in [-0.1, -0.05) is 19.3 Å². The van der Waals surface area contributed by atoms with Gasteiger partial charge in [0.25, 0.3) is 0 Å². The molecule has 1 aliphatic rings. The second-order valence-electron chi connectivity index (χ2n) is 6.71. The number of hydrogen-bond acceptors (Lipinski definition) is 3. The Labute approximate surface area is 139 Å². The SMILES string of the molecule is C[C@H](NCCCCCCCN)c1cc(F)cc(OCC2CC2)c1. The minimum Gasteiger partial charge on any atom is -0.493 e. The number of halogens is 1. The molecular weight excluding hydrogens is 291 g/mol. The van der Waals surface area contributed by atoms with Gasteiger partial charge in [0, 0.05) is 12.1 Å². The van der Waals surface area contributed by atoms with Gasteiger partial charge < -0.3 is 15.8 Å². The Balaban J connectivity index is 1.71. The van der Waals surface area contributed by atoms with E-state index in [1.807, 2.05) is 6.07 Å². The average Bonchev–Trinajstić information content (AvgIpc) is 3.35. The molecule has 1 aromatic rings. The second kappa shape index (κ2) is 9.89. The number of hydrogen-bond donors (Lipinski definition) is 2. The van der Waals surface area contributed by atoms with Crippen molar-refractivity contribution < 1.29 is 9.13 Å². The maximum atomic E-state index is 13.8. The lowest BCUT2D eigenvalue weighted by Crippen LogP contribution is -2.20. The van der Waals surface area contributed by atoms with E-state index in [9.17, 15) is 4.39 Å². The van der Waals surface area contributed by atoms with Gasteiger partial charge in [-0.25, -0.2) is 4.39 Å². The molecule has 0 unspecified atom stereocenters. The number of rotatable bonds is 12. The molecular formula is C19H31FN2O. The van der Waals surface area contributed by atoms with Crippen LogP contribution in [0.1, 0.15) is 63.5 Å². The summed E-state index contributed by atoms with van der Waals surface area (Å²) in [5.74, 6) is 1.11. The van der Waals surface area contributed by atoms with E-state index < -0.39 is 0 Å². The van der Waals surface area contributed by atoms with E-state index in [1.165, 1.54) is 38.2 Å². The second-order valence-corrected chi connectivity index (χ2v) is 6.71. The molecule has 0 spiro atoms. The summed E-state index contributed by atoms with van der Waals surface area (Å²) in [6.45, 7) is 4.54. The van der Waals surface area contributed by atoms with Crippen LogP contribution in [0.4, 0.5) is 4.39 Å². The van der Waals surface area contributed by atoms with Crippen LogP contribution in [0.15, 0.2) is 18.2 Å². The Bertz CT molecular complexity index is 463. The van der Waals surface area contributed by atoms with Crippen LogP contribution >= 0.6 is 0 Å². The van der Waals surface area contributed by atoms with Gasteiger partial charge >= 0.3 is 0 Å². The molecule has 3 nitrogen and oxygen atoms in total. The van der Waals surface area contributed by atoms with Crippen molar-refractivity contribution in [1.29, 1.82) is 0 Å². The Morgan fingerprint density at radius 2 is 1.91 bits per heavy atom. The van der Waals surface area contributed by atoms with E-state index in [0.717, 1.165) is 31.5 Å². The van der Waals surface area contributed by atoms with Crippen molar-refractivity contribution in [3.63, 3.8) is 0 Å². The van der Waals surface area contributed by atoms with Gasteiger partial charge in [-0.15, -0.1) is 0 Å². The van der Waals surface area contributed by atoms with Gasteiger partial charge in [-0.2, -0.15) is 0 Å². The fourth-order valence-electron chi connectivity index (χ4n) is 2.65. The molecule has 0 radical (unpaired) electrons. The van der Waals surface area contributed by atoms with E-state index >= 15 is 0 Å². The van der Waals surface area contributed by atoms with Crippen molar-refractivity contribution >= 4 is 0 Å². The number of ether oxygens (including phenoxy) is 1. The van der Waals surface area contributed by atoms with E-state index in [0.29, 0.717) is 18.3 Å². The molecule has 1 aliphatic carbocycles. The third kappa shape index (κ3) is 7.32. The molecule has 2 rings (SSSR count). The van der Waals surface area contributed by atoms with Crippen LogP contribution in [0.3, 0.4) is 0 Å². The molecule has 1 fully saturated rings. The smallest absolute Gasteiger partial charge is 0.127 e. The van der Waals surface area contributed by atoms with E-state index in [1.54, 1.807) is 6.07 Å². The Hall–Kier alpha value is -1.13. The standard InChI is InChI=1S/C19H31FN2O/c1-15(22-10-6-4-2-3-5-9-21)17-11-18(20)13-19(12-17)23-14-16-7-8-16/h11-13,15-16,22H,2-10,14,21H2,1H3/t15-/m0/s1. The van der Waals surface area contributed by atoms with Crippen molar-refractivity contribution in [2.45, 2.75) is 57.9 Å². The first kappa shape index (κ1) is 18.2. The van der Waals surface area contributed by atoms with Crippen LogP contribution in [-0.4, -0.2) is 19.7 Å². The van der Waals surface area contributed by atoms with Crippen molar-refractivity contribution in [3.05, 3.63) is 29.6 Å². The Kier molecular flexibility index (Phi) is 7.83. The first-order chi connectivity index (χ1) is 11.2. The van der Waals surface area contributed by atoms with Crippen LogP contribution in [0, 0.1) is 11.7 Å². The summed E-state index contributed by atoms with van der Waals surface area (Å²) in [6, 6.07) is 5.18. The monoisotopic (exact) mass is 322 g/mol. The highest BCUT2D eigenvalue weighted by atomic mass is 19.1. The highest BCUT2D eigenvalue weighted by Crippen LogP contribution is 2.30. The summed E-state index contributed by atoms with van der Waals surface area (Å²) in [7, 11) is 0. The summed E-state index contributed by atoms with van der Waals surface area (Å²) < 4.78 is 19.5. The van der Waals surface area contributed by atoms with E-state index in [2.05, 4.69) is 12.2 Å². The maximum Gasteiger partial charge on any atom is 0.127 e. The van der Waals surface area contributed by atoms with Gasteiger partial charge in [-0.3, -0.25) is 0 Å². The lowest BCUT2D eigenvalue weighted by molar-refractivity contribution is 0.297. The van der Waals surface area contributed by atoms with E-state index in [-0.39, 0.29) is 11.9 Å². The number of benzene rings is 1. The quantitative estimate of drug-likeness (QED) is 0.568. The number of unbranched alkanes of at least 4 members (excludes halogenated alkanes) is 4. The summed E-state index contributed by atoms with van der Waals surface area (Å²) in [4.78, 5) is 0. The predicted molar refractivity (Wildman–Crippen MR) is 93.2 cm³/mol. The number of nitrogens with two attached hydrogens (primary N) is 1. The van der Waals surface area contributed by atoms with Gasteiger partial charge in [0.2, 0.25) is 0 Å². The van der Waals surface area contributed by atoms with Gasteiger partial charge in [0.05, 0.1) is 6.61 Å². The third-order valence-corrected chi connectivity index (χ3v) is 4.41. The van der Waals surface area contributed by atoms with Gasteiger partial charge in [-0.05, 0) is 69.3 Å². The molecule has 0 heterocycles.